The van der Waals surface area contributed by atoms with Gasteiger partial charge in [-0.25, -0.2) is 0 Å². The van der Waals surface area contributed by atoms with Crippen molar-refractivity contribution in [2.24, 2.45) is 0 Å². The van der Waals surface area contributed by atoms with Gasteiger partial charge in [0.25, 0.3) is 5.56 Å². The van der Waals surface area contributed by atoms with Crippen molar-refractivity contribution in [2.45, 2.75) is 13.3 Å². The van der Waals surface area contributed by atoms with Crippen LogP contribution in [0.5, 0.6) is 0 Å². The Hall–Kier alpha value is -2.35. The van der Waals surface area contributed by atoms with E-state index in [4.69, 9.17) is 0 Å². The van der Waals surface area contributed by atoms with Crippen LogP contribution >= 0.6 is 0 Å². The lowest BCUT2D eigenvalue weighted by Gasteiger charge is -2.11. The average Bonchev–Trinajstić information content (AvgIpc) is 2.49. The van der Waals surface area contributed by atoms with Gasteiger partial charge < -0.3 is 0 Å². The van der Waals surface area contributed by atoms with Gasteiger partial charge in [-0.1, -0.05) is 43.3 Å². The maximum Gasteiger partial charge on any atom is 0.262 e. The third-order valence-electron chi connectivity index (χ3n) is 3.42. The number of benzene rings is 2. The minimum Gasteiger partial charge on any atom is -0.283 e. The van der Waals surface area contributed by atoms with Crippen molar-refractivity contribution < 1.29 is 0 Å². The molecule has 2 heteroatoms. The van der Waals surface area contributed by atoms with E-state index in [0.717, 1.165) is 22.9 Å². The van der Waals surface area contributed by atoms with Crippen LogP contribution in [0.2, 0.25) is 0 Å². The van der Waals surface area contributed by atoms with Crippen LogP contribution in [-0.4, -0.2) is 4.57 Å². The zero-order chi connectivity index (χ0) is 13.2. The molecule has 0 fully saturated rings. The number of fused-ring (bicyclic) bond motifs is 1. The quantitative estimate of drug-likeness (QED) is 0.680. The molecule has 0 saturated carbocycles. The van der Waals surface area contributed by atoms with Crippen LogP contribution in [0.15, 0.2) is 65.6 Å². The highest BCUT2D eigenvalue weighted by Gasteiger charge is 2.08. The van der Waals surface area contributed by atoms with E-state index in [9.17, 15) is 4.79 Å². The zero-order valence-corrected chi connectivity index (χ0v) is 10.8. The molecule has 1 heterocycles. The normalized spacial score (nSPS) is 10.8. The SMILES string of the molecule is CCc1cn(-c2ccccc2)c(=O)c2ccccc12. The van der Waals surface area contributed by atoms with E-state index >= 15 is 0 Å². The van der Waals surface area contributed by atoms with Crippen molar-refractivity contribution in [2.75, 3.05) is 0 Å². The first-order valence-electron chi connectivity index (χ1n) is 6.50. The Balaban J connectivity index is 2.39. The number of aryl methyl sites for hydroxylation is 1. The molecular weight excluding hydrogens is 234 g/mol. The Bertz CT molecular complexity index is 772. The summed E-state index contributed by atoms with van der Waals surface area (Å²) in [4.78, 5) is 12.6. The van der Waals surface area contributed by atoms with Crippen LogP contribution in [-0.2, 0) is 6.42 Å². The van der Waals surface area contributed by atoms with E-state index < -0.39 is 0 Å². The first-order valence-corrected chi connectivity index (χ1v) is 6.50. The Morgan fingerprint density at radius 2 is 1.53 bits per heavy atom. The Morgan fingerprint density at radius 3 is 2.21 bits per heavy atom. The molecule has 0 aliphatic heterocycles. The fourth-order valence-electron chi connectivity index (χ4n) is 2.43. The molecule has 0 saturated heterocycles. The van der Waals surface area contributed by atoms with Crippen molar-refractivity contribution >= 4 is 10.8 Å². The molecule has 0 aliphatic carbocycles. The number of hydrogen-bond donors (Lipinski definition) is 0. The summed E-state index contributed by atoms with van der Waals surface area (Å²) in [5.41, 5.74) is 2.14. The maximum atomic E-state index is 12.6. The Kier molecular flexibility index (Phi) is 2.92. The van der Waals surface area contributed by atoms with Gasteiger partial charge in [0.15, 0.2) is 0 Å². The van der Waals surface area contributed by atoms with Crippen LogP contribution in [0.1, 0.15) is 12.5 Å². The number of hydrogen-bond acceptors (Lipinski definition) is 1. The van der Waals surface area contributed by atoms with Crippen molar-refractivity contribution in [3.05, 3.63) is 76.7 Å². The van der Waals surface area contributed by atoms with Gasteiger partial charge in [0, 0.05) is 17.3 Å². The highest BCUT2D eigenvalue weighted by Crippen LogP contribution is 2.17. The first-order chi connectivity index (χ1) is 9.31. The molecule has 19 heavy (non-hydrogen) atoms. The summed E-state index contributed by atoms with van der Waals surface area (Å²) >= 11 is 0. The van der Waals surface area contributed by atoms with Crippen LogP contribution in [0.25, 0.3) is 16.5 Å². The van der Waals surface area contributed by atoms with Gasteiger partial charge in [0.05, 0.1) is 0 Å². The molecule has 0 bridgehead atoms. The second kappa shape index (κ2) is 4.73. The standard InChI is InChI=1S/C17H15NO/c1-2-13-12-18(14-8-4-3-5-9-14)17(19)16-11-7-6-10-15(13)16/h3-12H,2H2,1H3. The van der Waals surface area contributed by atoms with Gasteiger partial charge in [-0.15, -0.1) is 0 Å². The van der Waals surface area contributed by atoms with E-state index in [0.29, 0.717) is 0 Å². The van der Waals surface area contributed by atoms with Crippen molar-refractivity contribution in [3.8, 4) is 5.69 Å². The first kappa shape index (κ1) is 11.7. The highest BCUT2D eigenvalue weighted by atomic mass is 16.1. The lowest BCUT2D eigenvalue weighted by atomic mass is 10.1. The van der Waals surface area contributed by atoms with Gasteiger partial charge in [-0.05, 0) is 35.6 Å². The summed E-state index contributed by atoms with van der Waals surface area (Å²) in [7, 11) is 0. The summed E-state index contributed by atoms with van der Waals surface area (Å²) < 4.78 is 1.74. The molecular formula is C17H15NO. The lowest BCUT2D eigenvalue weighted by molar-refractivity contribution is 0.974. The van der Waals surface area contributed by atoms with E-state index in [1.807, 2.05) is 60.8 Å². The Labute approximate surface area is 111 Å². The predicted molar refractivity (Wildman–Crippen MR) is 78.9 cm³/mol. The van der Waals surface area contributed by atoms with Crippen LogP contribution < -0.4 is 5.56 Å². The van der Waals surface area contributed by atoms with Crippen LogP contribution in [0, 0.1) is 0 Å². The molecule has 0 unspecified atom stereocenters. The third kappa shape index (κ3) is 1.95. The lowest BCUT2D eigenvalue weighted by Crippen LogP contribution is -2.19. The average molecular weight is 249 g/mol. The van der Waals surface area contributed by atoms with Gasteiger partial charge >= 0.3 is 0 Å². The number of para-hydroxylation sites is 1. The largest absolute Gasteiger partial charge is 0.283 e. The summed E-state index contributed by atoms with van der Waals surface area (Å²) in [6.45, 7) is 2.11. The van der Waals surface area contributed by atoms with Gasteiger partial charge in [-0.3, -0.25) is 9.36 Å². The Morgan fingerprint density at radius 1 is 0.895 bits per heavy atom. The third-order valence-corrected chi connectivity index (χ3v) is 3.42. The smallest absolute Gasteiger partial charge is 0.262 e. The van der Waals surface area contributed by atoms with Gasteiger partial charge in [-0.2, -0.15) is 0 Å². The minimum absolute atomic E-state index is 0.0407. The molecule has 2 aromatic carbocycles. The summed E-state index contributed by atoms with van der Waals surface area (Å²) in [6.07, 6.45) is 2.87. The molecule has 0 N–H and O–H groups in total. The number of pyridine rings is 1. The number of rotatable bonds is 2. The molecule has 0 radical (unpaired) electrons. The molecule has 0 atom stereocenters. The number of nitrogens with zero attached hydrogens (tertiary/aromatic N) is 1. The van der Waals surface area contributed by atoms with Gasteiger partial charge in [0.2, 0.25) is 0 Å². The van der Waals surface area contributed by atoms with E-state index in [2.05, 4.69) is 6.92 Å². The van der Waals surface area contributed by atoms with E-state index in [-0.39, 0.29) is 5.56 Å². The molecule has 0 amide bonds. The zero-order valence-electron chi connectivity index (χ0n) is 10.8. The predicted octanol–water partition coefficient (Wildman–Crippen LogP) is 3.55. The molecule has 3 rings (SSSR count). The molecule has 2 nitrogen and oxygen atoms in total. The van der Waals surface area contributed by atoms with Crippen molar-refractivity contribution in [3.63, 3.8) is 0 Å². The fourth-order valence-corrected chi connectivity index (χ4v) is 2.43. The summed E-state index contributed by atoms with van der Waals surface area (Å²) in [5.74, 6) is 0. The van der Waals surface area contributed by atoms with E-state index in [1.54, 1.807) is 4.57 Å². The topological polar surface area (TPSA) is 22.0 Å². The molecule has 0 aliphatic rings. The molecule has 0 spiro atoms. The summed E-state index contributed by atoms with van der Waals surface area (Å²) in [6, 6.07) is 17.6. The van der Waals surface area contributed by atoms with E-state index in [1.165, 1.54) is 5.56 Å². The molecule has 1 aromatic heterocycles. The molecule has 3 aromatic rings. The van der Waals surface area contributed by atoms with Crippen LogP contribution in [0.3, 0.4) is 0 Å². The summed E-state index contributed by atoms with van der Waals surface area (Å²) in [5, 5.41) is 1.84. The number of aromatic nitrogens is 1. The minimum atomic E-state index is 0.0407. The molecule has 94 valence electrons. The van der Waals surface area contributed by atoms with Gasteiger partial charge in [0.1, 0.15) is 0 Å². The fraction of sp³-hybridized carbons (Fsp3) is 0.118. The van der Waals surface area contributed by atoms with Crippen molar-refractivity contribution in [1.29, 1.82) is 0 Å². The van der Waals surface area contributed by atoms with Crippen molar-refractivity contribution in [1.82, 2.24) is 4.57 Å². The van der Waals surface area contributed by atoms with Crippen LogP contribution in [0.4, 0.5) is 0 Å². The second-order valence-corrected chi connectivity index (χ2v) is 4.56. The second-order valence-electron chi connectivity index (χ2n) is 4.56. The maximum absolute atomic E-state index is 12.6. The monoisotopic (exact) mass is 249 g/mol. The highest BCUT2D eigenvalue weighted by molar-refractivity contribution is 5.85.